The zero-order chi connectivity index (χ0) is 19.5. The molecule has 1 fully saturated rings. The van der Waals surface area contributed by atoms with Crippen LogP contribution in [-0.4, -0.2) is 40.8 Å². The van der Waals surface area contributed by atoms with E-state index in [9.17, 15) is 19.6 Å². The third kappa shape index (κ3) is 4.25. The van der Waals surface area contributed by atoms with E-state index < -0.39 is 31.4 Å². The lowest BCUT2D eigenvalue weighted by Crippen LogP contribution is -2.59. The monoisotopic (exact) mass is 388 g/mol. The van der Waals surface area contributed by atoms with Gasteiger partial charge in [-0.1, -0.05) is 47.0 Å². The van der Waals surface area contributed by atoms with E-state index in [1.54, 1.807) is 18.2 Å². The Kier molecular flexibility index (Phi) is 5.72. The summed E-state index contributed by atoms with van der Waals surface area (Å²) in [4.78, 5) is 11.2. The fourth-order valence-electron chi connectivity index (χ4n) is 3.31. The molecule has 142 valence electrons. The lowest BCUT2D eigenvalue weighted by Gasteiger charge is -2.41. The fraction of sp³-hybridized carbons (Fsp3) is 0.350. The molecule has 0 radical (unpaired) electrons. The summed E-state index contributed by atoms with van der Waals surface area (Å²) in [6, 6.07) is 16.1. The first-order valence-electron chi connectivity index (χ1n) is 8.72. The number of aliphatic hydroxyl groups is 1. The van der Waals surface area contributed by atoms with Gasteiger partial charge < -0.3 is 20.3 Å². The highest BCUT2D eigenvalue weighted by Crippen LogP contribution is 2.35. The zero-order valence-corrected chi connectivity index (χ0v) is 16.0. The van der Waals surface area contributed by atoms with Crippen molar-refractivity contribution in [2.45, 2.75) is 30.3 Å². The van der Waals surface area contributed by atoms with Crippen molar-refractivity contribution >= 4 is 14.4 Å². The number of carboxylic acids is 1. The normalized spacial score (nSPS) is 25.0. The van der Waals surface area contributed by atoms with Gasteiger partial charge in [-0.25, -0.2) is 4.79 Å². The molecule has 0 spiro atoms. The highest BCUT2D eigenvalue weighted by Gasteiger charge is 2.49. The number of hydrogen-bond acceptors (Lipinski definition) is 5. The lowest BCUT2D eigenvalue weighted by molar-refractivity contribution is -0.103. The maximum Gasteiger partial charge on any atom is 0.362 e. The molecule has 2 aromatic carbocycles. The van der Waals surface area contributed by atoms with Crippen molar-refractivity contribution in [3.05, 3.63) is 71.3 Å². The number of aromatic carboxylic acids is 1. The van der Waals surface area contributed by atoms with Gasteiger partial charge in [-0.05, 0) is 30.2 Å². The van der Waals surface area contributed by atoms with Gasteiger partial charge in [0.2, 0.25) is 0 Å². The van der Waals surface area contributed by atoms with Crippen LogP contribution in [0.4, 0.5) is 0 Å². The summed E-state index contributed by atoms with van der Waals surface area (Å²) in [5.74, 6) is -0.986. The van der Waals surface area contributed by atoms with Crippen molar-refractivity contribution in [3.8, 4) is 0 Å². The SMILES string of the molecule is C[C@@]1(c2cccc(C(=O)O)c2)CO[C@@H](C(O)(Cc2ccccc2)[PH+]=O)CN1. The van der Waals surface area contributed by atoms with Gasteiger partial charge in [-0.3, -0.25) is 0 Å². The molecule has 1 heterocycles. The van der Waals surface area contributed by atoms with Crippen molar-refractivity contribution in [2.24, 2.45) is 0 Å². The first kappa shape index (κ1) is 19.6. The van der Waals surface area contributed by atoms with Crippen LogP contribution in [0.2, 0.25) is 0 Å². The van der Waals surface area contributed by atoms with Crippen LogP contribution in [0.3, 0.4) is 0 Å². The molecule has 3 N–H and O–H groups in total. The van der Waals surface area contributed by atoms with Crippen molar-refractivity contribution < 1.29 is 24.3 Å². The minimum absolute atomic E-state index is 0.208. The predicted octanol–water partition coefficient (Wildman–Crippen LogP) is 2.54. The van der Waals surface area contributed by atoms with Gasteiger partial charge in [0, 0.05) is 6.54 Å². The third-order valence-electron chi connectivity index (χ3n) is 5.02. The highest BCUT2D eigenvalue weighted by molar-refractivity contribution is 7.25. The number of benzene rings is 2. The Morgan fingerprint density at radius 3 is 2.63 bits per heavy atom. The molecule has 3 rings (SSSR count). The average Bonchev–Trinajstić information content (AvgIpc) is 2.69. The molecular formula is C20H23NO5P+. The highest BCUT2D eigenvalue weighted by atomic mass is 31.1. The quantitative estimate of drug-likeness (QED) is 0.659. The maximum atomic E-state index is 11.8. The molecule has 2 unspecified atom stereocenters. The molecule has 0 bridgehead atoms. The summed E-state index contributed by atoms with van der Waals surface area (Å²) in [7, 11) is -0.936. The summed E-state index contributed by atoms with van der Waals surface area (Å²) in [6.45, 7) is 2.44. The molecule has 1 aliphatic rings. The van der Waals surface area contributed by atoms with E-state index in [0.717, 1.165) is 11.1 Å². The van der Waals surface area contributed by atoms with Crippen LogP contribution in [0.25, 0.3) is 0 Å². The van der Waals surface area contributed by atoms with Gasteiger partial charge in [-0.15, -0.1) is 0 Å². The molecule has 4 atom stereocenters. The summed E-state index contributed by atoms with van der Waals surface area (Å²) >= 11 is 0. The first-order valence-corrected chi connectivity index (χ1v) is 9.63. The summed E-state index contributed by atoms with van der Waals surface area (Å²) in [5.41, 5.74) is 1.28. The zero-order valence-electron chi connectivity index (χ0n) is 15.0. The minimum atomic E-state index is -1.49. The van der Waals surface area contributed by atoms with Crippen LogP contribution >= 0.6 is 8.46 Å². The van der Waals surface area contributed by atoms with Crippen LogP contribution in [0.5, 0.6) is 0 Å². The predicted molar refractivity (Wildman–Crippen MR) is 103 cm³/mol. The number of nitrogens with one attached hydrogen (secondary N) is 1. The molecule has 1 saturated heterocycles. The smallest absolute Gasteiger partial charge is 0.362 e. The molecule has 2 aromatic rings. The van der Waals surface area contributed by atoms with E-state index in [2.05, 4.69) is 5.32 Å². The van der Waals surface area contributed by atoms with Crippen LogP contribution in [-0.2, 0) is 21.3 Å². The van der Waals surface area contributed by atoms with Crippen LogP contribution in [0.15, 0.2) is 54.6 Å². The van der Waals surface area contributed by atoms with Crippen molar-refractivity contribution in [1.29, 1.82) is 0 Å². The van der Waals surface area contributed by atoms with E-state index in [1.807, 2.05) is 43.3 Å². The molecular weight excluding hydrogens is 365 g/mol. The Balaban J connectivity index is 1.74. The third-order valence-corrected chi connectivity index (χ3v) is 5.88. The minimum Gasteiger partial charge on any atom is -0.478 e. The Morgan fingerprint density at radius 1 is 1.30 bits per heavy atom. The summed E-state index contributed by atoms with van der Waals surface area (Å²) < 4.78 is 17.7. The second-order valence-electron chi connectivity index (χ2n) is 7.09. The van der Waals surface area contributed by atoms with Gasteiger partial charge in [0.15, 0.2) is 0 Å². The maximum absolute atomic E-state index is 11.8. The van der Waals surface area contributed by atoms with Gasteiger partial charge in [0.1, 0.15) is 6.10 Å². The number of hydrogen-bond donors (Lipinski definition) is 3. The molecule has 6 nitrogen and oxygen atoms in total. The van der Waals surface area contributed by atoms with Crippen molar-refractivity contribution in [3.63, 3.8) is 0 Å². The standard InChI is InChI=1S/C20H22NO5P/c1-19(16-9-5-8-15(10-16)18(22)23)13-26-17(12-21-19)20(24,27-25)11-14-6-3-2-4-7-14/h2-10,17,21,24H,11-13H2,1H3,(H,22,23)/p+1/t17-,19+,20?/m1/s1. The van der Waals surface area contributed by atoms with E-state index in [-0.39, 0.29) is 18.6 Å². The van der Waals surface area contributed by atoms with Gasteiger partial charge >= 0.3 is 14.4 Å². The molecule has 7 heteroatoms. The molecule has 1 aliphatic heterocycles. The molecule has 0 saturated carbocycles. The molecule has 0 amide bonds. The lowest BCUT2D eigenvalue weighted by atomic mass is 9.89. The summed E-state index contributed by atoms with van der Waals surface area (Å²) in [5, 5.41) is 22.0. The van der Waals surface area contributed by atoms with Gasteiger partial charge in [-0.2, -0.15) is 0 Å². The van der Waals surface area contributed by atoms with Gasteiger partial charge in [0.05, 0.1) is 24.1 Å². The number of carboxylic acid groups (broad SMARTS) is 1. The van der Waals surface area contributed by atoms with E-state index in [1.165, 1.54) is 0 Å². The fourth-order valence-corrected chi connectivity index (χ4v) is 3.90. The second-order valence-corrected chi connectivity index (χ2v) is 8.16. The average molecular weight is 388 g/mol. The number of carbonyl (C=O) groups is 1. The summed E-state index contributed by atoms with van der Waals surface area (Å²) in [6.07, 6.45) is -0.405. The van der Waals surface area contributed by atoms with E-state index in [4.69, 9.17) is 4.74 Å². The Morgan fingerprint density at radius 2 is 2.04 bits per heavy atom. The Bertz CT molecular complexity index is 820. The topological polar surface area (TPSA) is 95.9 Å². The molecule has 0 aromatic heterocycles. The van der Waals surface area contributed by atoms with Crippen LogP contribution in [0.1, 0.15) is 28.4 Å². The first-order chi connectivity index (χ1) is 12.9. The van der Waals surface area contributed by atoms with E-state index in [0.29, 0.717) is 6.54 Å². The second kappa shape index (κ2) is 7.87. The number of morpholine rings is 1. The number of ether oxygens (including phenoxy) is 1. The number of rotatable bonds is 6. The van der Waals surface area contributed by atoms with Gasteiger partial charge in [0.25, 0.3) is 5.34 Å². The Labute approximate surface area is 159 Å². The Hall–Kier alpha value is -2.11. The van der Waals surface area contributed by atoms with Crippen molar-refractivity contribution in [1.82, 2.24) is 5.32 Å². The van der Waals surface area contributed by atoms with E-state index >= 15 is 0 Å². The molecule has 0 aliphatic carbocycles. The van der Waals surface area contributed by atoms with Crippen molar-refractivity contribution in [2.75, 3.05) is 13.2 Å². The van der Waals surface area contributed by atoms with Crippen LogP contribution < -0.4 is 5.32 Å². The largest absolute Gasteiger partial charge is 0.478 e. The van der Waals surface area contributed by atoms with Crippen LogP contribution in [0, 0.1) is 0 Å². The molecule has 27 heavy (non-hydrogen) atoms.